The molecule has 2 fully saturated rings. The van der Waals surface area contributed by atoms with Crippen molar-refractivity contribution in [1.82, 2.24) is 9.80 Å². The van der Waals surface area contributed by atoms with Crippen molar-refractivity contribution in [3.05, 3.63) is 65.5 Å². The highest BCUT2D eigenvalue weighted by molar-refractivity contribution is 5.94. The van der Waals surface area contributed by atoms with Crippen LogP contribution in [0.2, 0.25) is 0 Å². The minimum atomic E-state index is -0.827. The fourth-order valence-electron chi connectivity index (χ4n) is 4.26. The minimum Gasteiger partial charge on any atom is -0.490 e. The number of amides is 2. The van der Waals surface area contributed by atoms with E-state index in [2.05, 4.69) is 0 Å². The van der Waals surface area contributed by atoms with Gasteiger partial charge in [-0.2, -0.15) is 0 Å². The molecule has 2 amide bonds. The molecule has 6 nitrogen and oxygen atoms in total. The molecule has 9 heteroatoms. The van der Waals surface area contributed by atoms with Gasteiger partial charge in [-0.25, -0.2) is 13.2 Å². The fraction of sp³-hybridized carbons (Fsp3) is 0.417. The topological polar surface area (TPSA) is 59.1 Å². The number of likely N-dealkylation sites (tertiary alicyclic amines) is 1. The Balaban J connectivity index is 1.50. The second-order valence-corrected chi connectivity index (χ2v) is 8.27. The SMILES string of the molecule is O=C(C[C@H]1CN(C(=O)c2cc(F)cc(F)c2)CC[C@@H]1Oc1ccc(F)cc1)N1CCOCC1. The van der Waals surface area contributed by atoms with Crippen LogP contribution in [0.4, 0.5) is 13.2 Å². The number of carbonyl (C=O) groups is 2. The molecular weight excluding hydrogens is 437 g/mol. The van der Waals surface area contributed by atoms with Crippen molar-refractivity contribution in [2.24, 2.45) is 5.92 Å². The van der Waals surface area contributed by atoms with Crippen molar-refractivity contribution < 1.29 is 32.2 Å². The molecule has 0 aromatic heterocycles. The average Bonchev–Trinajstić information content (AvgIpc) is 2.81. The molecule has 0 unspecified atom stereocenters. The maximum atomic E-state index is 13.6. The third-order valence-corrected chi connectivity index (χ3v) is 5.96. The first-order valence-electron chi connectivity index (χ1n) is 10.9. The van der Waals surface area contributed by atoms with E-state index in [1.54, 1.807) is 4.90 Å². The van der Waals surface area contributed by atoms with Gasteiger partial charge < -0.3 is 19.3 Å². The zero-order chi connectivity index (χ0) is 23.4. The van der Waals surface area contributed by atoms with E-state index >= 15 is 0 Å². The summed E-state index contributed by atoms with van der Waals surface area (Å²) in [4.78, 5) is 29.1. The van der Waals surface area contributed by atoms with Crippen LogP contribution in [0.15, 0.2) is 42.5 Å². The molecule has 0 radical (unpaired) electrons. The number of morpholine rings is 1. The molecule has 2 atom stereocenters. The average molecular weight is 462 g/mol. The number of carbonyl (C=O) groups excluding carboxylic acids is 2. The number of hydrogen-bond acceptors (Lipinski definition) is 4. The largest absolute Gasteiger partial charge is 0.490 e. The van der Waals surface area contributed by atoms with Crippen LogP contribution in [-0.4, -0.2) is 67.1 Å². The van der Waals surface area contributed by atoms with Gasteiger partial charge >= 0.3 is 0 Å². The standard InChI is InChI=1S/C24H25F3N2O4/c25-18-1-3-21(4-2-18)33-22-5-6-29(24(31)16-11-19(26)14-20(27)12-16)15-17(22)13-23(30)28-7-9-32-10-8-28/h1-4,11-12,14,17,22H,5-10,13,15H2/t17-,22-/m0/s1. The van der Waals surface area contributed by atoms with Crippen molar-refractivity contribution in [2.45, 2.75) is 18.9 Å². The number of benzene rings is 2. The van der Waals surface area contributed by atoms with E-state index in [9.17, 15) is 22.8 Å². The van der Waals surface area contributed by atoms with Gasteiger partial charge in [0, 0.05) is 56.6 Å². The fourth-order valence-corrected chi connectivity index (χ4v) is 4.26. The molecule has 0 bridgehead atoms. The van der Waals surface area contributed by atoms with Crippen molar-refractivity contribution >= 4 is 11.8 Å². The number of halogens is 3. The summed E-state index contributed by atoms with van der Waals surface area (Å²) in [5.41, 5.74) is -0.0799. The molecule has 2 aliphatic rings. The van der Waals surface area contributed by atoms with E-state index in [0.717, 1.165) is 12.1 Å². The van der Waals surface area contributed by atoms with Gasteiger partial charge in [-0.1, -0.05) is 0 Å². The molecule has 2 heterocycles. The van der Waals surface area contributed by atoms with Crippen LogP contribution in [0.25, 0.3) is 0 Å². The molecule has 4 rings (SSSR count). The van der Waals surface area contributed by atoms with Gasteiger partial charge in [0.25, 0.3) is 5.91 Å². The third-order valence-electron chi connectivity index (χ3n) is 5.96. The molecule has 0 spiro atoms. The summed E-state index contributed by atoms with van der Waals surface area (Å²) < 4.78 is 51.9. The molecule has 2 aliphatic heterocycles. The van der Waals surface area contributed by atoms with Gasteiger partial charge in [0.15, 0.2) is 0 Å². The van der Waals surface area contributed by atoms with Gasteiger partial charge in [-0.05, 0) is 36.4 Å². The summed E-state index contributed by atoms with van der Waals surface area (Å²) in [5.74, 6) is -2.48. The predicted octanol–water partition coefficient (Wildman–Crippen LogP) is 3.26. The lowest BCUT2D eigenvalue weighted by Crippen LogP contribution is -2.50. The molecular formula is C24H25F3N2O4. The molecule has 0 aliphatic carbocycles. The van der Waals surface area contributed by atoms with E-state index in [-0.39, 0.29) is 42.3 Å². The lowest BCUT2D eigenvalue weighted by molar-refractivity contribution is -0.137. The Morgan fingerprint density at radius 2 is 1.58 bits per heavy atom. The number of piperidine rings is 1. The maximum absolute atomic E-state index is 13.6. The zero-order valence-corrected chi connectivity index (χ0v) is 18.0. The van der Waals surface area contributed by atoms with E-state index in [1.807, 2.05) is 0 Å². The first kappa shape index (κ1) is 23.1. The molecule has 0 saturated carbocycles. The van der Waals surface area contributed by atoms with E-state index in [4.69, 9.17) is 9.47 Å². The van der Waals surface area contributed by atoms with E-state index < -0.39 is 17.5 Å². The van der Waals surface area contributed by atoms with Crippen LogP contribution in [0.5, 0.6) is 5.75 Å². The van der Waals surface area contributed by atoms with Crippen LogP contribution in [0.1, 0.15) is 23.2 Å². The molecule has 33 heavy (non-hydrogen) atoms. The van der Waals surface area contributed by atoms with Gasteiger partial charge in [0.1, 0.15) is 29.3 Å². The molecule has 2 aromatic rings. The maximum Gasteiger partial charge on any atom is 0.254 e. The number of hydrogen-bond donors (Lipinski definition) is 0. The Bertz CT molecular complexity index is 975. The van der Waals surface area contributed by atoms with Crippen LogP contribution in [0, 0.1) is 23.4 Å². The van der Waals surface area contributed by atoms with Crippen LogP contribution < -0.4 is 4.74 Å². The highest BCUT2D eigenvalue weighted by Gasteiger charge is 2.36. The van der Waals surface area contributed by atoms with Crippen molar-refractivity contribution in [3.8, 4) is 5.75 Å². The Labute approximate surface area is 189 Å². The lowest BCUT2D eigenvalue weighted by atomic mass is 9.90. The molecule has 0 N–H and O–H groups in total. The second kappa shape index (κ2) is 10.2. The molecule has 2 aromatic carbocycles. The van der Waals surface area contributed by atoms with Crippen LogP contribution in [0.3, 0.4) is 0 Å². The summed E-state index contributed by atoms with van der Waals surface area (Å²) in [7, 11) is 0. The summed E-state index contributed by atoms with van der Waals surface area (Å²) in [6.45, 7) is 2.44. The Morgan fingerprint density at radius 3 is 2.24 bits per heavy atom. The summed E-state index contributed by atoms with van der Waals surface area (Å²) >= 11 is 0. The van der Waals surface area contributed by atoms with Crippen molar-refractivity contribution in [1.29, 1.82) is 0 Å². The normalized spacial score (nSPS) is 21.1. The van der Waals surface area contributed by atoms with Gasteiger partial charge in [0.05, 0.1) is 13.2 Å². The molecule has 176 valence electrons. The first-order chi connectivity index (χ1) is 15.9. The highest BCUT2D eigenvalue weighted by Crippen LogP contribution is 2.28. The highest BCUT2D eigenvalue weighted by atomic mass is 19.1. The molecule has 2 saturated heterocycles. The number of rotatable bonds is 5. The first-order valence-corrected chi connectivity index (χ1v) is 10.9. The van der Waals surface area contributed by atoms with Gasteiger partial charge in [-0.15, -0.1) is 0 Å². The van der Waals surface area contributed by atoms with E-state index in [1.165, 1.54) is 29.2 Å². The summed E-state index contributed by atoms with van der Waals surface area (Å²) in [6.07, 6.45) is 0.184. The predicted molar refractivity (Wildman–Crippen MR) is 113 cm³/mol. The smallest absolute Gasteiger partial charge is 0.254 e. The zero-order valence-electron chi connectivity index (χ0n) is 18.0. The van der Waals surface area contributed by atoms with Gasteiger partial charge in [0.2, 0.25) is 5.91 Å². The van der Waals surface area contributed by atoms with E-state index in [0.29, 0.717) is 51.1 Å². The lowest BCUT2D eigenvalue weighted by Gasteiger charge is -2.39. The Morgan fingerprint density at radius 1 is 0.909 bits per heavy atom. The quantitative estimate of drug-likeness (QED) is 0.685. The third kappa shape index (κ3) is 5.84. The Kier molecular flexibility index (Phi) is 7.17. The van der Waals surface area contributed by atoms with Crippen molar-refractivity contribution in [3.63, 3.8) is 0 Å². The van der Waals surface area contributed by atoms with Crippen LogP contribution >= 0.6 is 0 Å². The minimum absolute atomic E-state index is 0.0675. The number of nitrogens with zero attached hydrogens (tertiary/aromatic N) is 2. The van der Waals surface area contributed by atoms with Crippen molar-refractivity contribution in [2.75, 3.05) is 39.4 Å². The van der Waals surface area contributed by atoms with Gasteiger partial charge in [-0.3, -0.25) is 9.59 Å². The number of ether oxygens (including phenoxy) is 2. The second-order valence-electron chi connectivity index (χ2n) is 8.27. The van der Waals surface area contributed by atoms with Crippen LogP contribution in [-0.2, 0) is 9.53 Å². The Hall–Kier alpha value is -3.07. The monoisotopic (exact) mass is 462 g/mol. The summed E-state index contributed by atoms with van der Waals surface area (Å²) in [6, 6.07) is 8.33. The summed E-state index contributed by atoms with van der Waals surface area (Å²) in [5, 5.41) is 0.